The Labute approximate surface area is 164 Å². The molecule has 2 aromatic carbocycles. The second-order valence-electron chi connectivity index (χ2n) is 5.90. The van der Waals surface area contributed by atoms with Crippen molar-refractivity contribution < 1.29 is 14.3 Å². The molecule has 0 saturated heterocycles. The van der Waals surface area contributed by atoms with Crippen LogP contribution >= 0.6 is 0 Å². The molecule has 144 valence electrons. The second kappa shape index (κ2) is 9.41. The van der Waals surface area contributed by atoms with Crippen LogP contribution in [0.25, 0.3) is 0 Å². The van der Waals surface area contributed by atoms with Gasteiger partial charge in [0.25, 0.3) is 5.91 Å². The molecule has 1 amide bonds. The number of benzene rings is 2. The molecule has 0 aliphatic rings. The minimum atomic E-state index is -0.263. The number of carbonyl (C=O) groups is 1. The number of carbonyl (C=O) groups excluding carboxylic acids is 1. The lowest BCUT2D eigenvalue weighted by atomic mass is 10.2. The standard InChI is InChI=1S/C22H23N3O3/c1-3-27-20-11-7-5-9-18(20)24-17-13-16(14-23-15-17)22(26)25-19-10-6-8-12-21(19)28-4-2/h5-15,24H,3-4H2,1-2H3,(H,25,26). The van der Waals surface area contributed by atoms with Crippen LogP contribution in [0.4, 0.5) is 17.1 Å². The normalized spacial score (nSPS) is 10.2. The Kier molecular flexibility index (Phi) is 6.46. The lowest BCUT2D eigenvalue weighted by Crippen LogP contribution is -2.13. The van der Waals surface area contributed by atoms with E-state index >= 15 is 0 Å². The van der Waals surface area contributed by atoms with E-state index in [2.05, 4.69) is 15.6 Å². The summed E-state index contributed by atoms with van der Waals surface area (Å²) in [6.07, 6.45) is 3.19. The molecule has 6 heteroatoms. The highest BCUT2D eigenvalue weighted by Gasteiger charge is 2.11. The lowest BCUT2D eigenvalue weighted by Gasteiger charge is -2.13. The number of pyridine rings is 1. The molecule has 6 nitrogen and oxygen atoms in total. The van der Waals surface area contributed by atoms with Gasteiger partial charge in [0.2, 0.25) is 0 Å². The van der Waals surface area contributed by atoms with E-state index in [0.717, 1.165) is 11.4 Å². The SMILES string of the molecule is CCOc1ccccc1NC(=O)c1cncc(Nc2ccccc2OCC)c1. The Hall–Kier alpha value is -3.54. The fourth-order valence-electron chi connectivity index (χ4n) is 2.69. The van der Waals surface area contributed by atoms with Gasteiger partial charge in [-0.15, -0.1) is 0 Å². The van der Waals surface area contributed by atoms with Gasteiger partial charge in [0.1, 0.15) is 11.5 Å². The summed E-state index contributed by atoms with van der Waals surface area (Å²) in [6, 6.07) is 16.7. The monoisotopic (exact) mass is 377 g/mol. The maximum absolute atomic E-state index is 12.7. The summed E-state index contributed by atoms with van der Waals surface area (Å²) < 4.78 is 11.2. The van der Waals surface area contributed by atoms with Crippen molar-refractivity contribution in [2.75, 3.05) is 23.8 Å². The quantitative estimate of drug-likeness (QED) is 0.586. The van der Waals surface area contributed by atoms with Gasteiger partial charge in [0, 0.05) is 6.20 Å². The zero-order valence-electron chi connectivity index (χ0n) is 15.9. The molecule has 0 unspecified atom stereocenters. The third-order valence-electron chi connectivity index (χ3n) is 3.90. The van der Waals surface area contributed by atoms with Gasteiger partial charge in [0.05, 0.1) is 42.0 Å². The molecule has 0 atom stereocenters. The first-order valence-corrected chi connectivity index (χ1v) is 9.18. The highest BCUT2D eigenvalue weighted by molar-refractivity contribution is 6.05. The highest BCUT2D eigenvalue weighted by atomic mass is 16.5. The minimum Gasteiger partial charge on any atom is -0.492 e. The Balaban J connectivity index is 1.77. The fourth-order valence-corrected chi connectivity index (χ4v) is 2.69. The van der Waals surface area contributed by atoms with Gasteiger partial charge in [-0.1, -0.05) is 24.3 Å². The van der Waals surface area contributed by atoms with Crippen molar-refractivity contribution in [3.8, 4) is 11.5 Å². The van der Waals surface area contributed by atoms with Crippen LogP contribution in [0.3, 0.4) is 0 Å². The number of nitrogens with one attached hydrogen (secondary N) is 2. The molecule has 0 spiro atoms. The molecule has 0 bridgehead atoms. The van der Waals surface area contributed by atoms with E-state index in [0.29, 0.717) is 35.9 Å². The van der Waals surface area contributed by atoms with E-state index in [1.165, 1.54) is 6.20 Å². The Morgan fingerprint density at radius 2 is 1.50 bits per heavy atom. The molecular formula is C22H23N3O3. The van der Waals surface area contributed by atoms with E-state index in [4.69, 9.17) is 9.47 Å². The van der Waals surface area contributed by atoms with Crippen LogP contribution in [0, 0.1) is 0 Å². The average Bonchev–Trinajstić information content (AvgIpc) is 2.71. The number of hydrogen-bond donors (Lipinski definition) is 2. The Bertz CT molecular complexity index is 944. The van der Waals surface area contributed by atoms with Crippen molar-refractivity contribution in [1.29, 1.82) is 0 Å². The van der Waals surface area contributed by atoms with Crippen LogP contribution in [-0.2, 0) is 0 Å². The molecule has 0 saturated carbocycles. The van der Waals surface area contributed by atoms with Gasteiger partial charge >= 0.3 is 0 Å². The first-order valence-electron chi connectivity index (χ1n) is 9.18. The van der Waals surface area contributed by atoms with E-state index in [1.807, 2.05) is 56.3 Å². The first kappa shape index (κ1) is 19.2. The second-order valence-corrected chi connectivity index (χ2v) is 5.90. The van der Waals surface area contributed by atoms with E-state index in [9.17, 15) is 4.79 Å². The molecule has 0 radical (unpaired) electrons. The van der Waals surface area contributed by atoms with Crippen LogP contribution in [0.5, 0.6) is 11.5 Å². The van der Waals surface area contributed by atoms with Crippen LogP contribution in [0.1, 0.15) is 24.2 Å². The zero-order valence-corrected chi connectivity index (χ0v) is 15.9. The lowest BCUT2D eigenvalue weighted by molar-refractivity contribution is 0.102. The number of amides is 1. The highest BCUT2D eigenvalue weighted by Crippen LogP contribution is 2.28. The zero-order chi connectivity index (χ0) is 19.8. The molecule has 3 aromatic rings. The average molecular weight is 377 g/mol. The number of ether oxygens (including phenoxy) is 2. The van der Waals surface area contributed by atoms with Gasteiger partial charge < -0.3 is 20.1 Å². The summed E-state index contributed by atoms with van der Waals surface area (Å²) >= 11 is 0. The summed E-state index contributed by atoms with van der Waals surface area (Å²) in [5.41, 5.74) is 2.56. The number of anilines is 3. The molecule has 28 heavy (non-hydrogen) atoms. The predicted molar refractivity (Wildman–Crippen MR) is 111 cm³/mol. The molecular weight excluding hydrogens is 354 g/mol. The fraction of sp³-hybridized carbons (Fsp3) is 0.182. The van der Waals surface area contributed by atoms with Crippen molar-refractivity contribution in [3.63, 3.8) is 0 Å². The van der Waals surface area contributed by atoms with Crippen molar-refractivity contribution in [1.82, 2.24) is 4.98 Å². The number of rotatable bonds is 8. The van der Waals surface area contributed by atoms with Crippen molar-refractivity contribution >= 4 is 23.0 Å². The summed E-state index contributed by atoms with van der Waals surface area (Å²) in [4.78, 5) is 16.9. The maximum atomic E-state index is 12.7. The minimum absolute atomic E-state index is 0.263. The summed E-state index contributed by atoms with van der Waals surface area (Å²) in [5.74, 6) is 1.11. The summed E-state index contributed by atoms with van der Waals surface area (Å²) in [7, 11) is 0. The Morgan fingerprint density at radius 3 is 2.18 bits per heavy atom. The van der Waals surface area contributed by atoms with Crippen LogP contribution < -0.4 is 20.1 Å². The summed E-state index contributed by atoms with van der Waals surface area (Å²) in [6.45, 7) is 4.92. The van der Waals surface area contributed by atoms with Crippen molar-refractivity contribution in [2.24, 2.45) is 0 Å². The number of nitrogens with zero attached hydrogens (tertiary/aromatic N) is 1. The van der Waals surface area contributed by atoms with Crippen LogP contribution in [-0.4, -0.2) is 24.1 Å². The van der Waals surface area contributed by atoms with Gasteiger partial charge in [-0.05, 0) is 44.2 Å². The number of para-hydroxylation sites is 4. The largest absolute Gasteiger partial charge is 0.492 e. The van der Waals surface area contributed by atoms with Crippen LogP contribution in [0.15, 0.2) is 67.0 Å². The smallest absolute Gasteiger partial charge is 0.257 e. The van der Waals surface area contributed by atoms with Crippen molar-refractivity contribution in [2.45, 2.75) is 13.8 Å². The first-order chi connectivity index (χ1) is 13.7. The van der Waals surface area contributed by atoms with E-state index in [-0.39, 0.29) is 5.91 Å². The molecule has 0 aliphatic heterocycles. The molecule has 2 N–H and O–H groups in total. The third-order valence-corrected chi connectivity index (χ3v) is 3.90. The van der Waals surface area contributed by atoms with Crippen LogP contribution in [0.2, 0.25) is 0 Å². The van der Waals surface area contributed by atoms with Gasteiger partial charge in [0.15, 0.2) is 0 Å². The predicted octanol–water partition coefficient (Wildman–Crippen LogP) is 4.87. The van der Waals surface area contributed by atoms with Crippen molar-refractivity contribution in [3.05, 3.63) is 72.6 Å². The molecule has 3 rings (SSSR count). The molecule has 1 aromatic heterocycles. The van der Waals surface area contributed by atoms with E-state index in [1.54, 1.807) is 18.3 Å². The summed E-state index contributed by atoms with van der Waals surface area (Å²) in [5, 5.41) is 6.13. The number of hydrogen-bond acceptors (Lipinski definition) is 5. The van der Waals surface area contributed by atoms with E-state index < -0.39 is 0 Å². The van der Waals surface area contributed by atoms with Gasteiger partial charge in [-0.25, -0.2) is 0 Å². The topological polar surface area (TPSA) is 72.5 Å². The third kappa shape index (κ3) is 4.79. The molecule has 0 fully saturated rings. The van der Waals surface area contributed by atoms with Gasteiger partial charge in [-0.3, -0.25) is 9.78 Å². The number of aromatic nitrogens is 1. The Morgan fingerprint density at radius 1 is 0.893 bits per heavy atom. The molecule has 1 heterocycles. The molecule has 0 aliphatic carbocycles. The maximum Gasteiger partial charge on any atom is 0.257 e. The van der Waals surface area contributed by atoms with Gasteiger partial charge in [-0.2, -0.15) is 0 Å².